The number of furan rings is 1. The molecule has 4 rings (SSSR count). The molecule has 1 N–H and O–H groups in total. The number of aliphatic hydroxyl groups excluding tert-OH is 1. The van der Waals surface area contributed by atoms with Gasteiger partial charge in [0.05, 0.1) is 16.7 Å². The summed E-state index contributed by atoms with van der Waals surface area (Å²) in [6.07, 6.45) is 3.74. The third-order valence-electron chi connectivity index (χ3n) is 4.48. The number of aliphatic hydroxyl groups is 1. The van der Waals surface area contributed by atoms with Crippen molar-refractivity contribution in [3.8, 4) is 5.75 Å². The van der Waals surface area contributed by atoms with Crippen molar-refractivity contribution >= 4 is 17.8 Å². The van der Waals surface area contributed by atoms with Gasteiger partial charge in [0.15, 0.2) is 6.29 Å². The summed E-state index contributed by atoms with van der Waals surface area (Å²) in [4.78, 5) is 23.0. The second-order valence-electron chi connectivity index (χ2n) is 6.27. The Morgan fingerprint density at radius 1 is 1.14 bits per heavy atom. The monoisotopic (exact) mass is 381 g/mol. The zero-order valence-corrected chi connectivity index (χ0v) is 14.5. The summed E-state index contributed by atoms with van der Waals surface area (Å²) in [6.45, 7) is 0. The molecule has 1 unspecified atom stereocenters. The van der Waals surface area contributed by atoms with Crippen LogP contribution < -0.4 is 10.4 Å². The average Bonchev–Trinajstić information content (AvgIpc) is 3.19. The molecule has 8 heteroatoms. The first-order valence-corrected chi connectivity index (χ1v) is 8.50. The van der Waals surface area contributed by atoms with E-state index >= 15 is 0 Å². The van der Waals surface area contributed by atoms with Gasteiger partial charge in [0.2, 0.25) is 0 Å². The van der Waals surface area contributed by atoms with E-state index in [9.17, 15) is 20.0 Å². The first-order chi connectivity index (χ1) is 13.5. The first kappa shape index (κ1) is 17.7. The molecule has 0 spiro atoms. The van der Waals surface area contributed by atoms with Gasteiger partial charge in [-0.15, -0.1) is 0 Å². The maximum Gasteiger partial charge on any atom is 0.343 e. The van der Waals surface area contributed by atoms with E-state index in [4.69, 9.17) is 13.6 Å². The predicted molar refractivity (Wildman–Crippen MR) is 98.8 cm³/mol. The number of hydrogen-bond acceptors (Lipinski definition) is 7. The van der Waals surface area contributed by atoms with Crippen LogP contribution in [0.25, 0.3) is 12.2 Å². The highest BCUT2D eigenvalue weighted by atomic mass is 16.6. The average molecular weight is 381 g/mol. The van der Waals surface area contributed by atoms with Crippen LogP contribution in [0.3, 0.4) is 0 Å². The number of nitro groups is 1. The molecule has 0 saturated carbocycles. The van der Waals surface area contributed by atoms with Crippen molar-refractivity contribution in [1.29, 1.82) is 0 Å². The molecule has 0 saturated heterocycles. The highest BCUT2D eigenvalue weighted by molar-refractivity contribution is 5.65. The van der Waals surface area contributed by atoms with Crippen molar-refractivity contribution in [3.63, 3.8) is 0 Å². The summed E-state index contributed by atoms with van der Waals surface area (Å²) in [5.41, 5.74) is 0.281. The van der Waals surface area contributed by atoms with Crippen molar-refractivity contribution in [2.45, 2.75) is 18.6 Å². The summed E-state index contributed by atoms with van der Waals surface area (Å²) in [7, 11) is 0. The molecule has 8 nitrogen and oxygen atoms in total. The molecule has 1 aromatic carbocycles. The normalized spacial score (nSPS) is 18.6. The fourth-order valence-corrected chi connectivity index (χ4v) is 3.19. The molecular formula is C20H15NO7. The van der Waals surface area contributed by atoms with Gasteiger partial charge in [-0.05, 0) is 29.8 Å². The molecule has 0 aliphatic carbocycles. The molecule has 142 valence electrons. The zero-order valence-electron chi connectivity index (χ0n) is 14.5. The van der Waals surface area contributed by atoms with Crippen LogP contribution >= 0.6 is 0 Å². The maximum absolute atomic E-state index is 12.6. The second kappa shape index (κ2) is 7.16. The highest BCUT2D eigenvalue weighted by Crippen LogP contribution is 2.39. The van der Waals surface area contributed by atoms with Crippen LogP contribution in [0, 0.1) is 10.1 Å². The Bertz CT molecular complexity index is 1080. The first-order valence-electron chi connectivity index (χ1n) is 8.50. The van der Waals surface area contributed by atoms with E-state index in [1.54, 1.807) is 36.4 Å². The molecule has 28 heavy (non-hydrogen) atoms. The molecule has 0 radical (unpaired) electrons. The van der Waals surface area contributed by atoms with Crippen LogP contribution in [-0.2, 0) is 0 Å². The van der Waals surface area contributed by atoms with Crippen LogP contribution in [0.4, 0.5) is 5.69 Å². The Balaban J connectivity index is 1.71. The Kier molecular flexibility index (Phi) is 4.54. The minimum absolute atomic E-state index is 0.0537. The van der Waals surface area contributed by atoms with E-state index in [0.29, 0.717) is 11.3 Å². The Hall–Kier alpha value is -3.65. The van der Waals surface area contributed by atoms with Crippen molar-refractivity contribution in [2.24, 2.45) is 0 Å². The standard InChI is InChI=1S/C20H15NO7/c22-18-11-16(12-3-5-13(6-4-12)21(24)25)19-17(28-18)10-15(27-20(19)23)8-7-14-2-1-9-26-14/h1-10,16,18,22H,11H2/b8-7+/t16-,18?/m0/s1. The molecule has 0 fully saturated rings. The van der Waals surface area contributed by atoms with Gasteiger partial charge in [-0.25, -0.2) is 4.79 Å². The van der Waals surface area contributed by atoms with Crippen LogP contribution in [0.5, 0.6) is 5.75 Å². The smallest absolute Gasteiger partial charge is 0.343 e. The third kappa shape index (κ3) is 3.45. The maximum atomic E-state index is 12.6. The quantitative estimate of drug-likeness (QED) is 0.543. The number of hydrogen-bond donors (Lipinski definition) is 1. The third-order valence-corrected chi connectivity index (χ3v) is 4.48. The summed E-state index contributed by atoms with van der Waals surface area (Å²) >= 11 is 0. The van der Waals surface area contributed by atoms with Crippen LogP contribution in [0.1, 0.15) is 35.0 Å². The topological polar surface area (TPSA) is 116 Å². The minimum atomic E-state index is -1.11. The van der Waals surface area contributed by atoms with Crippen LogP contribution in [0.15, 0.2) is 62.4 Å². The zero-order chi connectivity index (χ0) is 19.7. The number of ether oxygens (including phenoxy) is 1. The van der Waals surface area contributed by atoms with E-state index in [0.717, 1.165) is 0 Å². The number of fused-ring (bicyclic) bond motifs is 1. The van der Waals surface area contributed by atoms with E-state index in [1.807, 2.05) is 0 Å². The molecule has 1 aliphatic rings. The number of nitro benzene ring substituents is 1. The fourth-order valence-electron chi connectivity index (χ4n) is 3.19. The number of rotatable bonds is 4. The van der Waals surface area contributed by atoms with Crippen molar-refractivity contribution in [1.82, 2.24) is 0 Å². The lowest BCUT2D eigenvalue weighted by molar-refractivity contribution is -0.384. The molecule has 2 aromatic heterocycles. The van der Waals surface area contributed by atoms with E-state index in [2.05, 4.69) is 0 Å². The summed E-state index contributed by atoms with van der Waals surface area (Å²) in [5, 5.41) is 20.9. The predicted octanol–water partition coefficient (Wildman–Crippen LogP) is 3.54. The van der Waals surface area contributed by atoms with Gasteiger partial charge in [-0.3, -0.25) is 10.1 Å². The summed E-state index contributed by atoms with van der Waals surface area (Å²) < 4.78 is 16.0. The molecular weight excluding hydrogens is 366 g/mol. The van der Waals surface area contributed by atoms with Gasteiger partial charge >= 0.3 is 5.63 Å². The number of non-ortho nitro benzene ring substituents is 1. The van der Waals surface area contributed by atoms with E-state index < -0.39 is 22.8 Å². The van der Waals surface area contributed by atoms with Gasteiger partial charge in [-0.2, -0.15) is 0 Å². The minimum Gasteiger partial charge on any atom is -0.465 e. The summed E-state index contributed by atoms with van der Waals surface area (Å²) in [5.74, 6) is 0.554. The molecule has 3 aromatic rings. The Morgan fingerprint density at radius 2 is 1.89 bits per heavy atom. The van der Waals surface area contributed by atoms with Gasteiger partial charge in [0.25, 0.3) is 5.69 Å². The fraction of sp³-hybridized carbons (Fsp3) is 0.150. The number of benzene rings is 1. The second-order valence-corrected chi connectivity index (χ2v) is 6.27. The molecule has 2 atom stereocenters. The van der Waals surface area contributed by atoms with Gasteiger partial charge in [0, 0.05) is 30.5 Å². The molecule has 1 aliphatic heterocycles. The SMILES string of the molecule is O=c1oc(/C=C/c2ccco2)cc2c1[C@H](c1ccc([N+](=O)[O-])cc1)CC(O)O2. The van der Waals surface area contributed by atoms with E-state index in [1.165, 1.54) is 24.5 Å². The lowest BCUT2D eigenvalue weighted by Gasteiger charge is -2.28. The van der Waals surface area contributed by atoms with Crippen molar-refractivity contribution in [2.75, 3.05) is 0 Å². The highest BCUT2D eigenvalue weighted by Gasteiger charge is 2.32. The van der Waals surface area contributed by atoms with Crippen LogP contribution in [0.2, 0.25) is 0 Å². The van der Waals surface area contributed by atoms with Gasteiger partial charge in [-0.1, -0.05) is 12.1 Å². The lowest BCUT2D eigenvalue weighted by Crippen LogP contribution is -2.30. The Labute approximate surface area is 158 Å². The Morgan fingerprint density at radius 3 is 2.57 bits per heavy atom. The van der Waals surface area contributed by atoms with Crippen molar-refractivity contribution in [3.05, 3.63) is 91.9 Å². The molecule has 0 bridgehead atoms. The van der Waals surface area contributed by atoms with E-state index in [-0.39, 0.29) is 29.2 Å². The number of nitrogens with zero attached hydrogens (tertiary/aromatic N) is 1. The summed E-state index contributed by atoms with van der Waals surface area (Å²) in [6, 6.07) is 10.9. The largest absolute Gasteiger partial charge is 0.465 e. The van der Waals surface area contributed by atoms with Crippen LogP contribution in [-0.4, -0.2) is 16.3 Å². The molecule has 3 heterocycles. The molecule has 0 amide bonds. The van der Waals surface area contributed by atoms with Gasteiger partial charge in [0.1, 0.15) is 17.3 Å². The van der Waals surface area contributed by atoms with Crippen molar-refractivity contribution < 1.29 is 23.6 Å². The lowest BCUT2D eigenvalue weighted by atomic mass is 9.87. The van der Waals surface area contributed by atoms with Gasteiger partial charge < -0.3 is 18.7 Å².